The van der Waals surface area contributed by atoms with Crippen molar-refractivity contribution in [3.8, 4) is 0 Å². The summed E-state index contributed by atoms with van der Waals surface area (Å²) >= 11 is 0. The number of fused-ring (bicyclic) bond motifs is 1. The highest BCUT2D eigenvalue weighted by atomic mass is 16.5. The molecule has 2 heterocycles. The molecule has 0 radical (unpaired) electrons. The van der Waals surface area contributed by atoms with Crippen LogP contribution in [0, 0.1) is 11.3 Å². The van der Waals surface area contributed by atoms with Crippen LogP contribution in [0.2, 0.25) is 0 Å². The minimum Gasteiger partial charge on any atom is -0.348 e. The fourth-order valence-electron chi connectivity index (χ4n) is 3.53. The second kappa shape index (κ2) is 6.34. The van der Waals surface area contributed by atoms with E-state index >= 15 is 0 Å². The van der Waals surface area contributed by atoms with Crippen LogP contribution in [-0.2, 0) is 6.42 Å². The predicted molar refractivity (Wildman–Crippen MR) is 100.0 cm³/mol. The molecule has 0 spiro atoms. The quantitative estimate of drug-likeness (QED) is 0.829. The predicted octanol–water partition coefficient (Wildman–Crippen LogP) is 3.16. The Morgan fingerprint density at radius 3 is 2.65 bits per heavy atom. The first-order valence-electron chi connectivity index (χ1n) is 9.66. The van der Waals surface area contributed by atoms with Crippen molar-refractivity contribution in [2.45, 2.75) is 64.8 Å². The molecule has 4 rings (SSSR count). The Kier molecular flexibility index (Phi) is 4.26. The van der Waals surface area contributed by atoms with Crippen LogP contribution in [0.25, 0.3) is 11.1 Å². The van der Waals surface area contributed by atoms with E-state index in [2.05, 4.69) is 36.2 Å². The maximum absolute atomic E-state index is 13.1. The summed E-state index contributed by atoms with van der Waals surface area (Å²) in [6.07, 6.45) is 5.26. The van der Waals surface area contributed by atoms with Gasteiger partial charge in [0.25, 0.3) is 11.6 Å². The van der Waals surface area contributed by atoms with E-state index in [1.807, 2.05) is 6.07 Å². The molecule has 6 heteroatoms. The minimum atomic E-state index is -0.0833. The molecule has 26 heavy (non-hydrogen) atoms. The fourth-order valence-corrected chi connectivity index (χ4v) is 3.53. The van der Waals surface area contributed by atoms with Crippen molar-refractivity contribution in [1.82, 2.24) is 15.5 Å². The summed E-state index contributed by atoms with van der Waals surface area (Å²) < 4.78 is 5.53. The normalized spacial score (nSPS) is 18.9. The Bertz CT molecular complexity index is 828. The SMILES string of the molecule is CC(C)(C)Cc1noc2nc(C3CC3)cc(C(=O)NC(CN)C3CC3)c12. The van der Waals surface area contributed by atoms with Gasteiger partial charge in [0, 0.05) is 24.2 Å². The summed E-state index contributed by atoms with van der Waals surface area (Å²) in [4.78, 5) is 17.8. The smallest absolute Gasteiger partial charge is 0.259 e. The van der Waals surface area contributed by atoms with E-state index in [-0.39, 0.29) is 17.4 Å². The van der Waals surface area contributed by atoms with Crippen LogP contribution in [-0.4, -0.2) is 28.6 Å². The summed E-state index contributed by atoms with van der Waals surface area (Å²) in [5, 5.41) is 8.15. The average molecular weight is 356 g/mol. The van der Waals surface area contributed by atoms with Crippen molar-refractivity contribution in [3.05, 3.63) is 23.0 Å². The van der Waals surface area contributed by atoms with Crippen molar-refractivity contribution in [3.63, 3.8) is 0 Å². The Balaban J connectivity index is 1.74. The van der Waals surface area contributed by atoms with Crippen molar-refractivity contribution < 1.29 is 9.32 Å². The zero-order chi connectivity index (χ0) is 18.5. The highest BCUT2D eigenvalue weighted by Gasteiger charge is 2.34. The Hall–Kier alpha value is -1.95. The Morgan fingerprint density at radius 2 is 2.08 bits per heavy atom. The molecule has 2 fully saturated rings. The molecule has 2 saturated carbocycles. The highest BCUT2D eigenvalue weighted by Crippen LogP contribution is 2.41. The molecule has 2 aliphatic carbocycles. The number of amides is 1. The van der Waals surface area contributed by atoms with Crippen LogP contribution >= 0.6 is 0 Å². The summed E-state index contributed by atoms with van der Waals surface area (Å²) in [5.74, 6) is 0.872. The lowest BCUT2D eigenvalue weighted by molar-refractivity contribution is 0.0935. The van der Waals surface area contributed by atoms with E-state index < -0.39 is 0 Å². The molecule has 1 unspecified atom stereocenters. The number of rotatable bonds is 6. The van der Waals surface area contributed by atoms with E-state index in [1.54, 1.807) is 0 Å². The van der Waals surface area contributed by atoms with Crippen molar-refractivity contribution >= 4 is 17.0 Å². The van der Waals surface area contributed by atoms with Gasteiger partial charge in [-0.05, 0) is 49.5 Å². The summed E-state index contributed by atoms with van der Waals surface area (Å²) in [6, 6.07) is 1.99. The van der Waals surface area contributed by atoms with Crippen LogP contribution in [0.4, 0.5) is 0 Å². The number of aromatic nitrogens is 2. The number of hydrogen-bond donors (Lipinski definition) is 2. The molecule has 2 aromatic heterocycles. The third kappa shape index (κ3) is 3.61. The van der Waals surface area contributed by atoms with Gasteiger partial charge in [0.1, 0.15) is 0 Å². The number of carbonyl (C=O) groups is 1. The molecular weight excluding hydrogens is 328 g/mol. The van der Waals surface area contributed by atoms with Crippen LogP contribution in [0.1, 0.15) is 74.1 Å². The van der Waals surface area contributed by atoms with Crippen LogP contribution in [0.15, 0.2) is 10.6 Å². The van der Waals surface area contributed by atoms with E-state index in [0.29, 0.717) is 29.7 Å². The lowest BCUT2D eigenvalue weighted by Gasteiger charge is -2.18. The van der Waals surface area contributed by atoms with E-state index in [4.69, 9.17) is 10.3 Å². The summed E-state index contributed by atoms with van der Waals surface area (Å²) in [7, 11) is 0. The molecule has 0 bridgehead atoms. The van der Waals surface area contributed by atoms with Gasteiger partial charge in [-0.2, -0.15) is 0 Å². The van der Waals surface area contributed by atoms with Gasteiger partial charge < -0.3 is 15.6 Å². The highest BCUT2D eigenvalue weighted by molar-refractivity contribution is 6.06. The van der Waals surface area contributed by atoms with E-state index in [0.717, 1.165) is 48.9 Å². The van der Waals surface area contributed by atoms with E-state index in [9.17, 15) is 4.79 Å². The third-order valence-corrected chi connectivity index (χ3v) is 5.24. The van der Waals surface area contributed by atoms with E-state index in [1.165, 1.54) is 0 Å². The molecule has 2 aliphatic rings. The third-order valence-electron chi connectivity index (χ3n) is 5.24. The molecule has 6 nitrogen and oxygen atoms in total. The minimum absolute atomic E-state index is 0.0422. The monoisotopic (exact) mass is 356 g/mol. The van der Waals surface area contributed by atoms with Gasteiger partial charge in [0.05, 0.1) is 16.6 Å². The second-order valence-corrected chi connectivity index (χ2v) is 9.07. The first-order chi connectivity index (χ1) is 12.4. The lowest BCUT2D eigenvalue weighted by atomic mass is 9.89. The molecule has 1 atom stereocenters. The lowest BCUT2D eigenvalue weighted by Crippen LogP contribution is -2.41. The van der Waals surface area contributed by atoms with Crippen molar-refractivity contribution in [2.75, 3.05) is 6.54 Å². The number of hydrogen-bond acceptors (Lipinski definition) is 5. The average Bonchev–Trinajstić information content (AvgIpc) is 3.48. The Labute approximate surface area is 153 Å². The number of nitrogens with zero attached hydrogens (tertiary/aromatic N) is 2. The second-order valence-electron chi connectivity index (χ2n) is 9.07. The summed E-state index contributed by atoms with van der Waals surface area (Å²) in [6.45, 7) is 6.92. The number of nitrogens with one attached hydrogen (secondary N) is 1. The largest absolute Gasteiger partial charge is 0.348 e. The van der Waals surface area contributed by atoms with Gasteiger partial charge in [-0.3, -0.25) is 4.79 Å². The van der Waals surface area contributed by atoms with Gasteiger partial charge in [0.15, 0.2) is 0 Å². The molecule has 0 aromatic carbocycles. The van der Waals surface area contributed by atoms with Gasteiger partial charge >= 0.3 is 0 Å². The zero-order valence-corrected chi connectivity index (χ0v) is 15.8. The topological polar surface area (TPSA) is 94.0 Å². The Morgan fingerprint density at radius 1 is 1.35 bits per heavy atom. The molecule has 1 amide bonds. The standard InChI is InChI=1S/C20H28N4O2/c1-20(2,3)9-15-17-13(18(25)22-16(10-21)12-6-7-12)8-14(11-4-5-11)23-19(17)26-24-15/h8,11-12,16H,4-7,9-10,21H2,1-3H3,(H,22,25). The van der Waals surface area contributed by atoms with Crippen LogP contribution in [0.3, 0.4) is 0 Å². The molecule has 2 aromatic rings. The van der Waals surface area contributed by atoms with Crippen molar-refractivity contribution in [2.24, 2.45) is 17.1 Å². The van der Waals surface area contributed by atoms with Crippen LogP contribution in [0.5, 0.6) is 0 Å². The van der Waals surface area contributed by atoms with Gasteiger partial charge in [0.2, 0.25) is 0 Å². The first-order valence-corrected chi connectivity index (χ1v) is 9.66. The van der Waals surface area contributed by atoms with Crippen LogP contribution < -0.4 is 11.1 Å². The fraction of sp³-hybridized carbons (Fsp3) is 0.650. The maximum atomic E-state index is 13.1. The number of nitrogens with two attached hydrogens (primary N) is 1. The molecular formula is C20H28N4O2. The molecule has 3 N–H and O–H groups in total. The molecule has 140 valence electrons. The molecule has 0 saturated heterocycles. The van der Waals surface area contributed by atoms with Gasteiger partial charge in [-0.25, -0.2) is 4.98 Å². The number of carbonyl (C=O) groups excluding carboxylic acids is 1. The first kappa shape index (κ1) is 17.5. The number of pyridine rings is 1. The van der Waals surface area contributed by atoms with Crippen molar-refractivity contribution in [1.29, 1.82) is 0 Å². The maximum Gasteiger partial charge on any atom is 0.259 e. The summed E-state index contributed by atoms with van der Waals surface area (Å²) in [5.41, 5.74) is 8.78. The van der Waals surface area contributed by atoms with Gasteiger partial charge in [-0.15, -0.1) is 0 Å². The molecule has 0 aliphatic heterocycles. The zero-order valence-electron chi connectivity index (χ0n) is 15.8. The van der Waals surface area contributed by atoms with Gasteiger partial charge in [-0.1, -0.05) is 25.9 Å².